The average Bonchev–Trinajstić information content (AvgIpc) is 3.23. The van der Waals surface area contributed by atoms with Gasteiger partial charge in [-0.05, 0) is 30.7 Å². The number of halogens is 2. The van der Waals surface area contributed by atoms with Gasteiger partial charge in [0.1, 0.15) is 0 Å². The van der Waals surface area contributed by atoms with Gasteiger partial charge in [-0.1, -0.05) is 29.3 Å². The van der Waals surface area contributed by atoms with Crippen LogP contribution in [0.1, 0.15) is 27.7 Å². The van der Waals surface area contributed by atoms with Crippen LogP contribution in [0.15, 0.2) is 29.6 Å². The molecule has 0 bridgehead atoms. The van der Waals surface area contributed by atoms with E-state index in [9.17, 15) is 9.59 Å². The number of thiophene rings is 1. The van der Waals surface area contributed by atoms with Crippen molar-refractivity contribution >= 4 is 46.5 Å². The number of carbonyl (C=O) groups is 2. The summed E-state index contributed by atoms with van der Waals surface area (Å²) in [5.74, 6) is -0.102. The monoisotopic (exact) mass is 484 g/mol. The van der Waals surface area contributed by atoms with E-state index in [0.29, 0.717) is 48.4 Å². The van der Waals surface area contributed by atoms with Gasteiger partial charge in [-0.3, -0.25) is 9.69 Å². The van der Waals surface area contributed by atoms with E-state index >= 15 is 0 Å². The predicted octanol–water partition coefficient (Wildman–Crippen LogP) is 3.50. The van der Waals surface area contributed by atoms with E-state index in [-0.39, 0.29) is 18.0 Å². The number of hydrogen-bond donors (Lipinski definition) is 3. The molecule has 2 aromatic rings. The van der Waals surface area contributed by atoms with Gasteiger partial charge in [0.05, 0.1) is 34.9 Å². The summed E-state index contributed by atoms with van der Waals surface area (Å²) in [6.45, 7) is 6.11. The van der Waals surface area contributed by atoms with Crippen LogP contribution in [-0.2, 0) is 17.8 Å². The second-order valence-electron chi connectivity index (χ2n) is 7.20. The summed E-state index contributed by atoms with van der Waals surface area (Å²) in [5.41, 5.74) is 1.70. The lowest BCUT2D eigenvalue weighted by atomic mass is 10.2. The molecule has 0 radical (unpaired) electrons. The average molecular weight is 485 g/mol. The fourth-order valence-electron chi connectivity index (χ4n) is 3.24. The molecule has 31 heavy (non-hydrogen) atoms. The molecule has 10 heteroatoms. The first-order valence-corrected chi connectivity index (χ1v) is 11.7. The minimum Gasteiger partial charge on any atom is -0.374 e. The molecule has 7 nitrogen and oxygen atoms in total. The van der Waals surface area contributed by atoms with Crippen molar-refractivity contribution in [1.82, 2.24) is 20.9 Å². The summed E-state index contributed by atoms with van der Waals surface area (Å²) in [7, 11) is 0. The summed E-state index contributed by atoms with van der Waals surface area (Å²) in [4.78, 5) is 27.1. The first-order chi connectivity index (χ1) is 14.9. The van der Waals surface area contributed by atoms with Gasteiger partial charge >= 0.3 is 6.03 Å². The summed E-state index contributed by atoms with van der Waals surface area (Å²) >= 11 is 13.5. The molecule has 1 aliphatic rings. The lowest BCUT2D eigenvalue weighted by Gasteiger charge is -2.33. The Morgan fingerprint density at radius 2 is 2.03 bits per heavy atom. The van der Waals surface area contributed by atoms with E-state index < -0.39 is 0 Å². The Kier molecular flexibility index (Phi) is 8.98. The molecule has 1 aromatic carbocycles. The van der Waals surface area contributed by atoms with E-state index in [1.54, 1.807) is 17.5 Å². The number of nitrogens with one attached hydrogen (secondary N) is 3. The molecule has 0 unspecified atom stereocenters. The highest BCUT2D eigenvalue weighted by Gasteiger charge is 2.21. The normalized spacial score (nSPS) is 16.7. The van der Waals surface area contributed by atoms with Crippen LogP contribution in [0.5, 0.6) is 0 Å². The molecule has 3 rings (SSSR count). The lowest BCUT2D eigenvalue weighted by Crippen LogP contribution is -2.48. The number of nitrogens with zero attached hydrogens (tertiary/aromatic N) is 1. The fraction of sp³-hybridized carbons (Fsp3) is 0.429. The molecule has 0 saturated carbocycles. The summed E-state index contributed by atoms with van der Waals surface area (Å²) < 4.78 is 5.78. The Labute approximate surface area is 196 Å². The van der Waals surface area contributed by atoms with E-state index in [1.807, 2.05) is 19.1 Å². The quantitative estimate of drug-likeness (QED) is 0.535. The van der Waals surface area contributed by atoms with E-state index in [0.717, 1.165) is 23.5 Å². The molecule has 0 aliphatic carbocycles. The fourth-order valence-corrected chi connectivity index (χ4v) is 4.36. The van der Waals surface area contributed by atoms with Crippen molar-refractivity contribution in [2.75, 3.05) is 32.8 Å². The molecule has 1 saturated heterocycles. The second kappa shape index (κ2) is 11.7. The number of amides is 3. The topological polar surface area (TPSA) is 82.7 Å². The van der Waals surface area contributed by atoms with Gasteiger partial charge in [0.25, 0.3) is 5.91 Å². The molecular formula is C21H26Cl2N4O3S. The van der Waals surface area contributed by atoms with Crippen molar-refractivity contribution in [2.24, 2.45) is 0 Å². The SMILES string of the molecule is CCNC(=O)c1csc(CNC(=O)NC[C@H]2CN(Cc3ccc(Cl)c(Cl)c3)CCO2)c1. The molecule has 1 aliphatic heterocycles. The zero-order valence-electron chi connectivity index (χ0n) is 17.2. The highest BCUT2D eigenvalue weighted by atomic mass is 35.5. The maximum Gasteiger partial charge on any atom is 0.315 e. The molecule has 1 atom stereocenters. The zero-order valence-corrected chi connectivity index (χ0v) is 19.6. The summed E-state index contributed by atoms with van der Waals surface area (Å²) in [6.07, 6.45) is -0.0895. The first kappa shape index (κ1) is 23.8. The number of rotatable bonds is 8. The van der Waals surface area contributed by atoms with Gasteiger partial charge in [0.15, 0.2) is 0 Å². The molecule has 0 spiro atoms. The van der Waals surface area contributed by atoms with Crippen LogP contribution in [0.4, 0.5) is 4.79 Å². The van der Waals surface area contributed by atoms with Gasteiger partial charge in [-0.25, -0.2) is 4.79 Å². The van der Waals surface area contributed by atoms with Crippen molar-refractivity contribution in [1.29, 1.82) is 0 Å². The minimum absolute atomic E-state index is 0.0895. The second-order valence-corrected chi connectivity index (χ2v) is 9.01. The molecule has 3 amide bonds. The van der Waals surface area contributed by atoms with Crippen LogP contribution >= 0.6 is 34.5 Å². The molecule has 3 N–H and O–H groups in total. The van der Waals surface area contributed by atoms with Crippen LogP contribution in [0.3, 0.4) is 0 Å². The third kappa shape index (κ3) is 7.36. The summed E-state index contributed by atoms with van der Waals surface area (Å²) in [5, 5.41) is 11.3. The van der Waals surface area contributed by atoms with E-state index in [4.69, 9.17) is 27.9 Å². The molecule has 2 heterocycles. The highest BCUT2D eigenvalue weighted by Crippen LogP contribution is 2.23. The predicted molar refractivity (Wildman–Crippen MR) is 124 cm³/mol. The maximum atomic E-state index is 12.2. The van der Waals surface area contributed by atoms with Crippen molar-refractivity contribution < 1.29 is 14.3 Å². The van der Waals surface area contributed by atoms with Gasteiger partial charge in [0, 0.05) is 43.0 Å². The Morgan fingerprint density at radius 3 is 2.81 bits per heavy atom. The van der Waals surface area contributed by atoms with Crippen molar-refractivity contribution in [3.05, 3.63) is 55.7 Å². The highest BCUT2D eigenvalue weighted by molar-refractivity contribution is 7.10. The third-order valence-electron chi connectivity index (χ3n) is 4.78. The Balaban J connectivity index is 1.39. The Hall–Kier alpha value is -1.84. The smallest absolute Gasteiger partial charge is 0.315 e. The summed E-state index contributed by atoms with van der Waals surface area (Å²) in [6, 6.07) is 7.17. The number of urea groups is 1. The number of morpholine rings is 1. The lowest BCUT2D eigenvalue weighted by molar-refractivity contribution is -0.0287. The molecular weight excluding hydrogens is 459 g/mol. The van der Waals surface area contributed by atoms with Crippen molar-refractivity contribution in [2.45, 2.75) is 26.1 Å². The van der Waals surface area contributed by atoms with Crippen LogP contribution in [0, 0.1) is 0 Å². The van der Waals surface area contributed by atoms with Gasteiger partial charge < -0.3 is 20.7 Å². The third-order valence-corrected chi connectivity index (χ3v) is 6.46. The first-order valence-electron chi connectivity index (χ1n) is 10.1. The Bertz CT molecular complexity index is 909. The largest absolute Gasteiger partial charge is 0.374 e. The number of ether oxygens (including phenoxy) is 1. The van der Waals surface area contributed by atoms with Gasteiger partial charge in [-0.15, -0.1) is 11.3 Å². The van der Waals surface area contributed by atoms with Crippen LogP contribution in [0.25, 0.3) is 0 Å². The van der Waals surface area contributed by atoms with Crippen LogP contribution < -0.4 is 16.0 Å². The number of hydrogen-bond acceptors (Lipinski definition) is 5. The van der Waals surface area contributed by atoms with Crippen LogP contribution in [0.2, 0.25) is 10.0 Å². The van der Waals surface area contributed by atoms with Gasteiger partial charge in [0.2, 0.25) is 0 Å². The van der Waals surface area contributed by atoms with E-state index in [1.165, 1.54) is 11.3 Å². The van der Waals surface area contributed by atoms with Gasteiger partial charge in [-0.2, -0.15) is 0 Å². The van der Waals surface area contributed by atoms with Crippen molar-refractivity contribution in [3.8, 4) is 0 Å². The molecule has 168 valence electrons. The zero-order chi connectivity index (χ0) is 22.2. The van der Waals surface area contributed by atoms with E-state index in [2.05, 4.69) is 20.9 Å². The Morgan fingerprint density at radius 1 is 1.19 bits per heavy atom. The standard InChI is InChI=1S/C21H26Cl2N4O3S/c1-2-24-20(28)15-8-17(31-13-15)10-26-21(29)25-9-16-12-27(5-6-30-16)11-14-3-4-18(22)19(23)7-14/h3-4,7-8,13,16H,2,5-6,9-12H2,1H3,(H,24,28)(H2,25,26,29)/t16-/m0/s1. The number of carbonyl (C=O) groups excluding carboxylic acids is 2. The number of benzene rings is 1. The van der Waals surface area contributed by atoms with Crippen molar-refractivity contribution in [3.63, 3.8) is 0 Å². The molecule has 1 aromatic heterocycles. The molecule has 1 fully saturated rings. The maximum absolute atomic E-state index is 12.2. The minimum atomic E-state index is -0.266. The van der Waals surface area contributed by atoms with Crippen LogP contribution in [-0.4, -0.2) is 55.7 Å².